The number of anilines is 1. The molecule has 0 radical (unpaired) electrons. The number of aromatic nitrogens is 3. The number of benzene rings is 2. The molecule has 1 amide bonds. The second-order valence-electron chi connectivity index (χ2n) is 5.51. The minimum atomic E-state index is -1.12. The predicted molar refractivity (Wildman–Crippen MR) is 92.1 cm³/mol. The maximum absolute atomic E-state index is 12.7. The Balaban J connectivity index is 1.98. The van der Waals surface area contributed by atoms with Crippen LogP contribution in [0.5, 0.6) is 0 Å². The minimum absolute atomic E-state index is 0.341. The van der Waals surface area contributed by atoms with Gasteiger partial charge in [-0.2, -0.15) is 0 Å². The van der Waals surface area contributed by atoms with Gasteiger partial charge in [-0.15, -0.1) is 5.10 Å². The average molecular weight is 343 g/mol. The molecule has 0 spiro atoms. The number of ketones is 1. The van der Waals surface area contributed by atoms with Crippen LogP contribution in [-0.2, 0) is 9.59 Å². The van der Waals surface area contributed by atoms with Crippen molar-refractivity contribution in [1.82, 2.24) is 15.0 Å². The third-order valence-corrected chi connectivity index (χ3v) is 3.96. The average Bonchev–Trinajstić information content (AvgIpc) is 2.95. The summed E-state index contributed by atoms with van der Waals surface area (Å²) >= 11 is 6.11. The van der Waals surface area contributed by atoms with Crippen molar-refractivity contribution < 1.29 is 9.59 Å². The summed E-state index contributed by atoms with van der Waals surface area (Å²) in [6.45, 7) is 3.23. The molecule has 1 aromatic heterocycles. The first-order valence-corrected chi connectivity index (χ1v) is 7.72. The number of hydrogen-bond donors (Lipinski definition) is 1. The maximum atomic E-state index is 12.7. The van der Waals surface area contributed by atoms with Crippen LogP contribution in [0, 0.1) is 6.92 Å². The molecule has 0 saturated heterocycles. The van der Waals surface area contributed by atoms with Crippen LogP contribution in [-0.4, -0.2) is 26.7 Å². The fraction of sp³-hybridized carbons (Fsp3) is 0.176. The highest BCUT2D eigenvalue weighted by molar-refractivity contribution is 6.33. The lowest BCUT2D eigenvalue weighted by atomic mass is 10.1. The Morgan fingerprint density at radius 2 is 1.96 bits per heavy atom. The lowest BCUT2D eigenvalue weighted by Crippen LogP contribution is -2.32. The van der Waals surface area contributed by atoms with Gasteiger partial charge in [0.15, 0.2) is 11.8 Å². The van der Waals surface area contributed by atoms with Gasteiger partial charge in [0.05, 0.1) is 16.2 Å². The van der Waals surface area contributed by atoms with Crippen LogP contribution in [0.25, 0.3) is 11.0 Å². The Hall–Kier alpha value is -2.73. The van der Waals surface area contributed by atoms with Gasteiger partial charge in [0.2, 0.25) is 0 Å². The van der Waals surface area contributed by atoms with Crippen molar-refractivity contribution in [2.75, 3.05) is 5.32 Å². The summed E-state index contributed by atoms with van der Waals surface area (Å²) in [5, 5.41) is 11.1. The zero-order chi connectivity index (χ0) is 17.3. The van der Waals surface area contributed by atoms with Crippen LogP contribution < -0.4 is 5.32 Å². The van der Waals surface area contributed by atoms with E-state index in [0.717, 1.165) is 5.56 Å². The minimum Gasteiger partial charge on any atom is -0.322 e. The molecule has 0 fully saturated rings. The number of Topliss-reactive ketones (excluding diaryl/α,β-unsaturated/α-hetero) is 1. The molecule has 24 heavy (non-hydrogen) atoms. The summed E-state index contributed by atoms with van der Waals surface area (Å²) in [5.41, 5.74) is 2.63. The van der Waals surface area contributed by atoms with E-state index in [2.05, 4.69) is 15.6 Å². The van der Waals surface area contributed by atoms with Gasteiger partial charge in [0.1, 0.15) is 5.52 Å². The number of rotatable bonds is 4. The first-order chi connectivity index (χ1) is 11.5. The Morgan fingerprint density at radius 3 is 2.71 bits per heavy atom. The van der Waals surface area contributed by atoms with Gasteiger partial charge in [-0.1, -0.05) is 35.0 Å². The zero-order valence-corrected chi connectivity index (χ0v) is 13.9. The number of fused-ring (bicyclic) bond motifs is 1. The topological polar surface area (TPSA) is 76.9 Å². The molecule has 0 aliphatic rings. The number of carbonyl (C=O) groups excluding carboxylic acids is 2. The molecule has 1 heterocycles. The van der Waals surface area contributed by atoms with Gasteiger partial charge < -0.3 is 5.32 Å². The van der Waals surface area contributed by atoms with E-state index in [1.165, 1.54) is 11.6 Å². The molecule has 6 nitrogen and oxygen atoms in total. The molecule has 0 bridgehead atoms. The van der Waals surface area contributed by atoms with Crippen molar-refractivity contribution >= 4 is 40.0 Å². The van der Waals surface area contributed by atoms with Crippen molar-refractivity contribution in [3.05, 3.63) is 53.1 Å². The van der Waals surface area contributed by atoms with Crippen molar-refractivity contribution in [1.29, 1.82) is 0 Å². The molecular formula is C17H15ClN4O2. The molecule has 1 N–H and O–H groups in total. The van der Waals surface area contributed by atoms with Crippen molar-refractivity contribution in [2.45, 2.75) is 19.9 Å². The number of carbonyl (C=O) groups is 2. The molecule has 3 aromatic rings. The van der Waals surface area contributed by atoms with E-state index in [0.29, 0.717) is 21.7 Å². The Morgan fingerprint density at radius 1 is 1.21 bits per heavy atom. The fourth-order valence-electron chi connectivity index (χ4n) is 2.48. The maximum Gasteiger partial charge on any atom is 0.257 e. The normalized spacial score (nSPS) is 12.1. The zero-order valence-electron chi connectivity index (χ0n) is 13.2. The summed E-state index contributed by atoms with van der Waals surface area (Å²) in [4.78, 5) is 24.8. The van der Waals surface area contributed by atoms with Gasteiger partial charge in [0, 0.05) is 0 Å². The standard InChI is InChI=1S/C17H15ClN4O2/c1-10-7-8-12(18)14(9-10)19-17(24)16(11(2)23)22-15-6-4-3-5-13(15)20-21-22/h3-9,16H,1-2H3,(H,19,24). The summed E-state index contributed by atoms with van der Waals surface area (Å²) in [6, 6.07) is 11.3. The van der Waals surface area contributed by atoms with E-state index < -0.39 is 11.9 Å². The highest BCUT2D eigenvalue weighted by Gasteiger charge is 2.28. The first kappa shape index (κ1) is 16.1. The Kier molecular flexibility index (Phi) is 4.31. The highest BCUT2D eigenvalue weighted by Crippen LogP contribution is 2.25. The van der Waals surface area contributed by atoms with E-state index in [9.17, 15) is 9.59 Å². The second-order valence-corrected chi connectivity index (χ2v) is 5.92. The number of hydrogen-bond acceptors (Lipinski definition) is 4. The van der Waals surface area contributed by atoms with Gasteiger partial charge in [-0.3, -0.25) is 9.59 Å². The first-order valence-electron chi connectivity index (χ1n) is 7.35. The van der Waals surface area contributed by atoms with Gasteiger partial charge in [0.25, 0.3) is 5.91 Å². The molecule has 0 aliphatic heterocycles. The molecule has 3 rings (SSSR count). The molecule has 2 aromatic carbocycles. The number of halogens is 1. The summed E-state index contributed by atoms with van der Waals surface area (Å²) in [7, 11) is 0. The molecular weight excluding hydrogens is 328 g/mol. The number of nitrogens with one attached hydrogen (secondary N) is 1. The molecule has 0 aliphatic carbocycles. The van der Waals surface area contributed by atoms with Crippen LogP contribution >= 0.6 is 11.6 Å². The SMILES string of the molecule is CC(=O)C(C(=O)Nc1cc(C)ccc1Cl)n1nnc2ccccc21. The van der Waals surface area contributed by atoms with E-state index >= 15 is 0 Å². The molecule has 1 atom stereocenters. The van der Waals surface area contributed by atoms with Crippen LogP contribution in [0.2, 0.25) is 5.02 Å². The summed E-state index contributed by atoms with van der Waals surface area (Å²) in [6.07, 6.45) is 0. The van der Waals surface area contributed by atoms with Crippen molar-refractivity contribution in [3.8, 4) is 0 Å². The van der Waals surface area contributed by atoms with Gasteiger partial charge >= 0.3 is 0 Å². The van der Waals surface area contributed by atoms with Crippen LogP contribution in [0.4, 0.5) is 5.69 Å². The molecule has 0 saturated carbocycles. The molecule has 1 unspecified atom stereocenters. The Labute approximate surface area is 143 Å². The molecule has 122 valence electrons. The van der Waals surface area contributed by atoms with Crippen LogP contribution in [0.1, 0.15) is 18.5 Å². The lowest BCUT2D eigenvalue weighted by molar-refractivity contribution is -0.129. The van der Waals surface area contributed by atoms with Crippen LogP contribution in [0.15, 0.2) is 42.5 Å². The van der Waals surface area contributed by atoms with Crippen molar-refractivity contribution in [3.63, 3.8) is 0 Å². The number of amides is 1. The number of nitrogens with zero attached hydrogens (tertiary/aromatic N) is 3. The third-order valence-electron chi connectivity index (χ3n) is 3.64. The summed E-state index contributed by atoms with van der Waals surface area (Å²) < 4.78 is 1.33. The second kappa shape index (κ2) is 6.41. The third kappa shape index (κ3) is 3.00. The van der Waals surface area contributed by atoms with E-state index in [1.807, 2.05) is 19.1 Å². The smallest absolute Gasteiger partial charge is 0.257 e. The Bertz CT molecular complexity index is 935. The highest BCUT2D eigenvalue weighted by atomic mass is 35.5. The largest absolute Gasteiger partial charge is 0.322 e. The summed E-state index contributed by atoms with van der Waals surface area (Å²) in [5.74, 6) is -0.849. The van der Waals surface area contributed by atoms with E-state index in [1.54, 1.807) is 30.3 Å². The van der Waals surface area contributed by atoms with E-state index in [-0.39, 0.29) is 5.78 Å². The lowest BCUT2D eigenvalue weighted by Gasteiger charge is -2.16. The fourth-order valence-corrected chi connectivity index (χ4v) is 2.65. The van der Waals surface area contributed by atoms with Gasteiger partial charge in [-0.25, -0.2) is 4.68 Å². The van der Waals surface area contributed by atoms with Gasteiger partial charge in [-0.05, 0) is 43.7 Å². The monoisotopic (exact) mass is 342 g/mol. The molecule has 7 heteroatoms. The van der Waals surface area contributed by atoms with Crippen LogP contribution in [0.3, 0.4) is 0 Å². The van der Waals surface area contributed by atoms with E-state index in [4.69, 9.17) is 11.6 Å². The predicted octanol–water partition coefficient (Wildman–Crippen LogP) is 3.16. The number of aryl methyl sites for hydroxylation is 1. The quantitative estimate of drug-likeness (QED) is 0.739. The van der Waals surface area contributed by atoms with Crippen molar-refractivity contribution in [2.24, 2.45) is 0 Å². The number of para-hydroxylation sites is 1.